The average molecular weight is 792 g/mol. The second-order valence-corrected chi connectivity index (χ2v) is 15.9. The fraction of sp³-hybridized carbons (Fsp3) is 0.0172. The first kappa shape index (κ1) is 35.7. The molecule has 0 aliphatic heterocycles. The third-order valence-electron chi connectivity index (χ3n) is 12.4. The molecule has 4 heteroatoms. The molecule has 1 aliphatic carbocycles. The van der Waals surface area contributed by atoms with E-state index in [4.69, 9.17) is 19.4 Å². The largest absolute Gasteiger partial charge is 0.456 e. The van der Waals surface area contributed by atoms with E-state index in [2.05, 4.69) is 182 Å². The summed E-state index contributed by atoms with van der Waals surface area (Å²) in [6, 6.07) is 79.3. The van der Waals surface area contributed by atoms with Gasteiger partial charge in [-0.25, -0.2) is 15.0 Å². The second kappa shape index (κ2) is 14.5. The van der Waals surface area contributed by atoms with E-state index in [-0.39, 0.29) is 0 Å². The standard InChI is InChI=1S/C58H37N3O/c1-5-18-38(19-6-1)45-30-17-33-51-54(45)48-35-34-42(37-52(48)62-51)57-60-55(39-20-7-2-8-21-39)59-56(61-57)41-23-15-22-40(36-41)46-29-16-32-50-53(46)47-28-13-14-31-49(47)58(50,43-24-9-3-10-25-43)44-26-11-4-12-27-44/h1-37H. The van der Waals surface area contributed by atoms with Gasteiger partial charge >= 0.3 is 0 Å². The van der Waals surface area contributed by atoms with E-state index >= 15 is 0 Å². The Bertz CT molecular complexity index is 3410. The lowest BCUT2D eigenvalue weighted by atomic mass is 9.67. The van der Waals surface area contributed by atoms with E-state index in [9.17, 15) is 0 Å². The number of furan rings is 1. The fourth-order valence-electron chi connectivity index (χ4n) is 9.73. The fourth-order valence-corrected chi connectivity index (χ4v) is 9.73. The predicted molar refractivity (Wildman–Crippen MR) is 252 cm³/mol. The molecule has 0 saturated carbocycles. The summed E-state index contributed by atoms with van der Waals surface area (Å²) in [5.74, 6) is 1.79. The highest BCUT2D eigenvalue weighted by Gasteiger charge is 2.46. The van der Waals surface area contributed by atoms with E-state index in [1.54, 1.807) is 0 Å². The van der Waals surface area contributed by atoms with Gasteiger partial charge in [-0.05, 0) is 79.9 Å². The van der Waals surface area contributed by atoms with Crippen LogP contribution >= 0.6 is 0 Å². The molecule has 290 valence electrons. The summed E-state index contributed by atoms with van der Waals surface area (Å²) in [6.07, 6.45) is 0. The zero-order chi connectivity index (χ0) is 41.0. The minimum Gasteiger partial charge on any atom is -0.456 e. The maximum absolute atomic E-state index is 6.53. The predicted octanol–water partition coefficient (Wildman–Crippen LogP) is 14.5. The Balaban J connectivity index is 1.02. The van der Waals surface area contributed by atoms with Gasteiger partial charge in [0.1, 0.15) is 11.2 Å². The van der Waals surface area contributed by atoms with E-state index in [1.165, 1.54) is 33.4 Å². The molecule has 0 spiro atoms. The van der Waals surface area contributed by atoms with E-state index < -0.39 is 5.41 Å². The molecule has 0 fully saturated rings. The molecule has 0 N–H and O–H groups in total. The topological polar surface area (TPSA) is 51.8 Å². The Morgan fingerprint density at radius 3 is 1.53 bits per heavy atom. The molecule has 2 aromatic heterocycles. The summed E-state index contributed by atoms with van der Waals surface area (Å²) in [4.78, 5) is 15.4. The average Bonchev–Trinajstić information content (AvgIpc) is 3.89. The molecule has 0 saturated heterocycles. The molecule has 11 aromatic rings. The van der Waals surface area contributed by atoms with Gasteiger partial charge in [-0.3, -0.25) is 0 Å². The summed E-state index contributed by atoms with van der Waals surface area (Å²) in [6.45, 7) is 0. The maximum Gasteiger partial charge on any atom is 0.164 e. The number of fused-ring (bicyclic) bond motifs is 6. The number of aromatic nitrogens is 3. The van der Waals surface area contributed by atoms with Gasteiger partial charge in [-0.15, -0.1) is 0 Å². The van der Waals surface area contributed by atoms with Gasteiger partial charge in [-0.1, -0.05) is 200 Å². The summed E-state index contributed by atoms with van der Waals surface area (Å²) in [5.41, 5.74) is 15.9. The van der Waals surface area contributed by atoms with Crippen LogP contribution < -0.4 is 0 Å². The quantitative estimate of drug-likeness (QED) is 0.161. The molecule has 1 aliphatic rings. The van der Waals surface area contributed by atoms with Crippen molar-refractivity contribution < 1.29 is 4.42 Å². The molecular formula is C58H37N3O. The smallest absolute Gasteiger partial charge is 0.164 e. The van der Waals surface area contributed by atoms with Crippen LogP contribution in [0.5, 0.6) is 0 Å². The molecule has 0 bridgehead atoms. The normalized spacial score (nSPS) is 12.6. The van der Waals surface area contributed by atoms with Crippen LogP contribution in [0.25, 0.3) is 89.5 Å². The minimum atomic E-state index is -0.486. The molecular weight excluding hydrogens is 755 g/mol. The summed E-state index contributed by atoms with van der Waals surface area (Å²) >= 11 is 0. The van der Waals surface area contributed by atoms with Crippen molar-refractivity contribution in [3.8, 4) is 67.5 Å². The van der Waals surface area contributed by atoms with E-state index in [0.29, 0.717) is 17.5 Å². The Hall–Kier alpha value is -8.21. The van der Waals surface area contributed by atoms with Crippen molar-refractivity contribution >= 4 is 21.9 Å². The first-order valence-corrected chi connectivity index (χ1v) is 21.0. The molecule has 0 unspecified atom stereocenters. The monoisotopic (exact) mass is 791 g/mol. The number of benzene rings is 9. The molecule has 2 heterocycles. The zero-order valence-electron chi connectivity index (χ0n) is 33.6. The Kier molecular flexibility index (Phi) is 8.36. The Labute approximate surface area is 359 Å². The highest BCUT2D eigenvalue weighted by molar-refractivity contribution is 6.13. The van der Waals surface area contributed by atoms with Crippen LogP contribution in [0.15, 0.2) is 229 Å². The molecule has 4 nitrogen and oxygen atoms in total. The zero-order valence-corrected chi connectivity index (χ0v) is 33.6. The lowest BCUT2D eigenvalue weighted by Gasteiger charge is -2.34. The van der Waals surface area contributed by atoms with Crippen LogP contribution in [0.2, 0.25) is 0 Å². The molecule has 0 amide bonds. The van der Waals surface area contributed by atoms with Crippen molar-refractivity contribution in [3.05, 3.63) is 247 Å². The molecule has 0 radical (unpaired) electrons. The van der Waals surface area contributed by atoms with Gasteiger partial charge in [0.25, 0.3) is 0 Å². The molecule has 9 aromatic carbocycles. The van der Waals surface area contributed by atoms with E-state index in [0.717, 1.165) is 60.9 Å². The Morgan fingerprint density at radius 2 is 0.823 bits per heavy atom. The minimum absolute atomic E-state index is 0.486. The summed E-state index contributed by atoms with van der Waals surface area (Å²) in [5, 5.41) is 2.15. The number of rotatable bonds is 7. The number of hydrogen-bond donors (Lipinski definition) is 0. The summed E-state index contributed by atoms with van der Waals surface area (Å²) < 4.78 is 6.53. The van der Waals surface area contributed by atoms with Crippen molar-refractivity contribution in [2.75, 3.05) is 0 Å². The van der Waals surface area contributed by atoms with Crippen molar-refractivity contribution in [2.24, 2.45) is 0 Å². The van der Waals surface area contributed by atoms with Gasteiger partial charge in [0.05, 0.1) is 5.41 Å². The third-order valence-corrected chi connectivity index (χ3v) is 12.4. The Morgan fingerprint density at radius 1 is 0.323 bits per heavy atom. The van der Waals surface area contributed by atoms with Crippen LogP contribution in [0.3, 0.4) is 0 Å². The SMILES string of the molecule is c1ccc(-c2nc(-c3cccc(-c4cccc5c4-c4ccccc4C5(c4ccccc4)c4ccccc4)c3)nc(-c3ccc4c(c3)oc3cccc(-c5ccccc5)c34)n2)cc1. The van der Waals surface area contributed by atoms with E-state index in [1.807, 2.05) is 42.5 Å². The van der Waals surface area contributed by atoms with Gasteiger partial charge in [-0.2, -0.15) is 0 Å². The summed E-state index contributed by atoms with van der Waals surface area (Å²) in [7, 11) is 0. The van der Waals surface area contributed by atoms with Crippen LogP contribution in [-0.4, -0.2) is 15.0 Å². The lowest BCUT2D eigenvalue weighted by Crippen LogP contribution is -2.28. The highest BCUT2D eigenvalue weighted by Crippen LogP contribution is 2.58. The van der Waals surface area contributed by atoms with Crippen molar-refractivity contribution in [3.63, 3.8) is 0 Å². The maximum atomic E-state index is 6.53. The van der Waals surface area contributed by atoms with Crippen LogP contribution in [-0.2, 0) is 5.41 Å². The van der Waals surface area contributed by atoms with Crippen LogP contribution in [0.4, 0.5) is 0 Å². The van der Waals surface area contributed by atoms with Crippen molar-refractivity contribution in [2.45, 2.75) is 5.41 Å². The third kappa shape index (κ3) is 5.65. The molecule has 12 rings (SSSR count). The molecule has 0 atom stereocenters. The van der Waals surface area contributed by atoms with Gasteiger partial charge in [0.15, 0.2) is 17.5 Å². The first-order chi connectivity index (χ1) is 30.7. The second-order valence-electron chi connectivity index (χ2n) is 15.9. The van der Waals surface area contributed by atoms with Crippen LogP contribution in [0, 0.1) is 0 Å². The van der Waals surface area contributed by atoms with Gasteiger partial charge < -0.3 is 4.42 Å². The van der Waals surface area contributed by atoms with Crippen LogP contribution in [0.1, 0.15) is 22.3 Å². The van der Waals surface area contributed by atoms with Gasteiger partial charge in [0.2, 0.25) is 0 Å². The van der Waals surface area contributed by atoms with Crippen molar-refractivity contribution in [1.82, 2.24) is 15.0 Å². The highest BCUT2D eigenvalue weighted by atomic mass is 16.3. The molecule has 62 heavy (non-hydrogen) atoms. The van der Waals surface area contributed by atoms with Crippen molar-refractivity contribution in [1.29, 1.82) is 0 Å². The van der Waals surface area contributed by atoms with Gasteiger partial charge in [0, 0.05) is 27.5 Å². The number of nitrogens with zero attached hydrogens (tertiary/aromatic N) is 3. The lowest BCUT2D eigenvalue weighted by molar-refractivity contribution is 0.669. The number of hydrogen-bond acceptors (Lipinski definition) is 4. The first-order valence-electron chi connectivity index (χ1n) is 21.0.